The second-order valence-electron chi connectivity index (χ2n) is 5.24. The average molecular weight is 363 g/mol. The summed E-state index contributed by atoms with van der Waals surface area (Å²) in [6, 6.07) is 22.6. The van der Waals surface area contributed by atoms with Crippen LogP contribution < -0.4 is 10.2 Å². The molecule has 0 saturated heterocycles. The van der Waals surface area contributed by atoms with E-state index in [1.54, 1.807) is 12.4 Å². The maximum Gasteiger partial charge on any atom is 0.250 e. The zero-order chi connectivity index (χ0) is 18.0. The third-order valence-electron chi connectivity index (χ3n) is 3.23. The van der Waals surface area contributed by atoms with Crippen molar-refractivity contribution in [1.82, 2.24) is 10.4 Å². The molecule has 0 unspecified atom stereocenters. The lowest BCUT2D eigenvalue weighted by Crippen LogP contribution is -2.19. The van der Waals surface area contributed by atoms with Gasteiger partial charge in [-0.25, -0.2) is 10.4 Å². The van der Waals surface area contributed by atoms with Gasteiger partial charge in [0.05, 0.1) is 17.0 Å². The maximum absolute atomic E-state index is 11.8. The van der Waals surface area contributed by atoms with Crippen LogP contribution in [0.25, 0.3) is 0 Å². The Labute approximate surface area is 156 Å². The minimum Gasteiger partial charge on any atom is -0.457 e. The Morgan fingerprint density at radius 2 is 1.85 bits per heavy atom. The molecule has 0 bridgehead atoms. The number of amides is 1. The van der Waals surface area contributed by atoms with Crippen LogP contribution >= 0.6 is 11.8 Å². The molecule has 1 heterocycles. The molecule has 1 N–H and O–H groups in total. The van der Waals surface area contributed by atoms with E-state index in [1.165, 1.54) is 11.8 Å². The van der Waals surface area contributed by atoms with Crippen LogP contribution in [0.15, 0.2) is 89.1 Å². The number of para-hydroxylation sites is 1. The SMILES string of the molecule is O=C(CSc1ccccn1)N/N=C\c1cccc(Oc2ccccc2)c1. The number of hydrazone groups is 1. The summed E-state index contributed by atoms with van der Waals surface area (Å²) in [6.07, 6.45) is 3.28. The van der Waals surface area contributed by atoms with Crippen LogP contribution in [-0.2, 0) is 4.79 Å². The van der Waals surface area contributed by atoms with Crippen molar-refractivity contribution in [2.24, 2.45) is 5.10 Å². The molecule has 0 fully saturated rings. The molecular formula is C20H17N3O2S. The van der Waals surface area contributed by atoms with E-state index in [9.17, 15) is 4.79 Å². The van der Waals surface area contributed by atoms with Crippen LogP contribution in [0.4, 0.5) is 0 Å². The number of pyridine rings is 1. The van der Waals surface area contributed by atoms with E-state index >= 15 is 0 Å². The lowest BCUT2D eigenvalue weighted by atomic mass is 10.2. The fourth-order valence-corrected chi connectivity index (χ4v) is 2.72. The number of hydrogen-bond donors (Lipinski definition) is 1. The smallest absolute Gasteiger partial charge is 0.250 e. The van der Waals surface area contributed by atoms with Gasteiger partial charge in [-0.1, -0.05) is 48.2 Å². The minimum atomic E-state index is -0.186. The van der Waals surface area contributed by atoms with Gasteiger partial charge in [-0.2, -0.15) is 5.10 Å². The summed E-state index contributed by atoms with van der Waals surface area (Å²) in [4.78, 5) is 16.0. The molecule has 2 aromatic carbocycles. The molecule has 1 amide bonds. The van der Waals surface area contributed by atoms with Crippen LogP contribution in [0.2, 0.25) is 0 Å². The summed E-state index contributed by atoms with van der Waals surface area (Å²) >= 11 is 1.36. The number of nitrogens with zero attached hydrogens (tertiary/aromatic N) is 2. The molecule has 0 saturated carbocycles. The molecule has 0 atom stereocenters. The summed E-state index contributed by atoms with van der Waals surface area (Å²) in [6.45, 7) is 0. The molecule has 0 aliphatic rings. The van der Waals surface area contributed by atoms with E-state index in [4.69, 9.17) is 4.74 Å². The van der Waals surface area contributed by atoms with Gasteiger partial charge < -0.3 is 4.74 Å². The average Bonchev–Trinajstić information content (AvgIpc) is 2.68. The number of ether oxygens (including phenoxy) is 1. The summed E-state index contributed by atoms with van der Waals surface area (Å²) in [7, 11) is 0. The molecule has 3 aromatic rings. The normalized spacial score (nSPS) is 10.6. The molecule has 26 heavy (non-hydrogen) atoms. The zero-order valence-electron chi connectivity index (χ0n) is 13.9. The molecule has 0 radical (unpaired) electrons. The summed E-state index contributed by atoms with van der Waals surface area (Å²) in [5.74, 6) is 1.54. The molecule has 0 aliphatic heterocycles. The Morgan fingerprint density at radius 1 is 1.04 bits per heavy atom. The van der Waals surface area contributed by atoms with Crippen LogP contribution in [0.5, 0.6) is 11.5 Å². The predicted octanol–water partition coefficient (Wildman–Crippen LogP) is 4.12. The number of nitrogens with one attached hydrogen (secondary N) is 1. The number of carbonyl (C=O) groups is 1. The highest BCUT2D eigenvalue weighted by atomic mass is 32.2. The molecule has 1 aromatic heterocycles. The van der Waals surface area contributed by atoms with E-state index < -0.39 is 0 Å². The van der Waals surface area contributed by atoms with Crippen molar-refractivity contribution in [2.45, 2.75) is 5.03 Å². The predicted molar refractivity (Wildman–Crippen MR) is 104 cm³/mol. The number of rotatable bonds is 7. The van der Waals surface area contributed by atoms with Crippen molar-refractivity contribution in [3.8, 4) is 11.5 Å². The van der Waals surface area contributed by atoms with Gasteiger partial charge in [-0.3, -0.25) is 4.79 Å². The quantitative estimate of drug-likeness (QED) is 0.390. The van der Waals surface area contributed by atoms with Crippen LogP contribution in [-0.4, -0.2) is 22.9 Å². The first-order chi connectivity index (χ1) is 12.8. The second kappa shape index (κ2) is 9.39. The Hall–Kier alpha value is -3.12. The molecule has 6 heteroatoms. The number of thioether (sulfide) groups is 1. The second-order valence-corrected chi connectivity index (χ2v) is 6.23. The van der Waals surface area contributed by atoms with Crippen LogP contribution in [0.1, 0.15) is 5.56 Å². The lowest BCUT2D eigenvalue weighted by molar-refractivity contribution is -0.118. The first-order valence-corrected chi connectivity index (χ1v) is 8.97. The van der Waals surface area contributed by atoms with Gasteiger partial charge in [0.15, 0.2) is 0 Å². The first-order valence-electron chi connectivity index (χ1n) is 7.98. The fraction of sp³-hybridized carbons (Fsp3) is 0.0500. The minimum absolute atomic E-state index is 0.186. The van der Waals surface area contributed by atoms with Crippen molar-refractivity contribution in [1.29, 1.82) is 0 Å². The number of carbonyl (C=O) groups excluding carboxylic acids is 1. The van der Waals surface area contributed by atoms with Gasteiger partial charge in [-0.05, 0) is 42.0 Å². The highest BCUT2D eigenvalue weighted by Gasteiger charge is 2.02. The number of aromatic nitrogens is 1. The topological polar surface area (TPSA) is 63.6 Å². The van der Waals surface area contributed by atoms with Crippen molar-refractivity contribution in [3.63, 3.8) is 0 Å². The van der Waals surface area contributed by atoms with E-state index in [1.807, 2.05) is 72.8 Å². The van der Waals surface area contributed by atoms with Gasteiger partial charge in [0.2, 0.25) is 5.91 Å². The molecule has 3 rings (SSSR count). The fourth-order valence-electron chi connectivity index (χ4n) is 2.07. The Balaban J connectivity index is 1.50. The monoisotopic (exact) mass is 363 g/mol. The number of benzene rings is 2. The van der Waals surface area contributed by atoms with Crippen molar-refractivity contribution < 1.29 is 9.53 Å². The third-order valence-corrected chi connectivity index (χ3v) is 4.17. The molecule has 0 aliphatic carbocycles. The first kappa shape index (κ1) is 17.7. The van der Waals surface area contributed by atoms with Gasteiger partial charge in [0, 0.05) is 6.20 Å². The van der Waals surface area contributed by atoms with Crippen molar-refractivity contribution >= 4 is 23.9 Å². The third kappa shape index (κ3) is 5.75. The number of hydrogen-bond acceptors (Lipinski definition) is 5. The molecule has 5 nitrogen and oxygen atoms in total. The largest absolute Gasteiger partial charge is 0.457 e. The standard InChI is InChI=1S/C20H17N3O2S/c24-19(15-26-20-11-4-5-12-21-20)23-22-14-16-7-6-10-18(13-16)25-17-8-2-1-3-9-17/h1-14H,15H2,(H,23,24)/b22-14-. The zero-order valence-corrected chi connectivity index (χ0v) is 14.7. The highest BCUT2D eigenvalue weighted by molar-refractivity contribution is 7.99. The maximum atomic E-state index is 11.8. The lowest BCUT2D eigenvalue weighted by Gasteiger charge is -2.05. The molecule has 0 spiro atoms. The van der Waals surface area contributed by atoms with Gasteiger partial charge in [-0.15, -0.1) is 0 Å². The van der Waals surface area contributed by atoms with Gasteiger partial charge in [0.1, 0.15) is 11.5 Å². The Bertz CT molecular complexity index is 870. The van der Waals surface area contributed by atoms with Crippen molar-refractivity contribution in [3.05, 3.63) is 84.6 Å². The molecular weight excluding hydrogens is 346 g/mol. The highest BCUT2D eigenvalue weighted by Crippen LogP contribution is 2.21. The summed E-state index contributed by atoms with van der Waals surface area (Å²) in [5, 5.41) is 4.79. The Kier molecular flexibility index (Phi) is 6.39. The van der Waals surface area contributed by atoms with Crippen molar-refractivity contribution in [2.75, 3.05) is 5.75 Å². The van der Waals surface area contributed by atoms with E-state index in [0.717, 1.165) is 16.3 Å². The Morgan fingerprint density at radius 3 is 2.65 bits per heavy atom. The van der Waals surface area contributed by atoms with Crippen LogP contribution in [0.3, 0.4) is 0 Å². The van der Waals surface area contributed by atoms with E-state index in [2.05, 4.69) is 15.5 Å². The van der Waals surface area contributed by atoms with E-state index in [0.29, 0.717) is 5.75 Å². The van der Waals surface area contributed by atoms with Gasteiger partial charge >= 0.3 is 0 Å². The van der Waals surface area contributed by atoms with Gasteiger partial charge in [0.25, 0.3) is 0 Å². The summed E-state index contributed by atoms with van der Waals surface area (Å²) < 4.78 is 5.77. The summed E-state index contributed by atoms with van der Waals surface area (Å²) in [5.41, 5.74) is 3.34. The molecule has 130 valence electrons. The van der Waals surface area contributed by atoms with E-state index in [-0.39, 0.29) is 11.7 Å². The van der Waals surface area contributed by atoms with Crippen LogP contribution in [0, 0.1) is 0 Å².